The van der Waals surface area contributed by atoms with Crippen molar-refractivity contribution in [1.29, 1.82) is 0 Å². The normalized spacial score (nSPS) is 10.5. The molecule has 0 fully saturated rings. The van der Waals surface area contributed by atoms with E-state index in [0.717, 1.165) is 11.1 Å². The summed E-state index contributed by atoms with van der Waals surface area (Å²) >= 11 is 11.7. The number of carboxylic acid groups (broad SMARTS) is 1. The molecule has 114 valence electrons. The Morgan fingerprint density at radius 1 is 1.27 bits per heavy atom. The Kier molecular flexibility index (Phi) is 4.68. The minimum atomic E-state index is -1.06. The zero-order valence-corrected chi connectivity index (χ0v) is 12.1. The molecule has 0 bridgehead atoms. The van der Waals surface area contributed by atoms with Crippen LogP contribution in [0.2, 0.25) is 10.2 Å². The fourth-order valence-corrected chi connectivity index (χ4v) is 2.42. The van der Waals surface area contributed by atoms with Gasteiger partial charge in [0.2, 0.25) is 0 Å². The molecule has 2 aromatic heterocycles. The molecule has 3 aromatic rings. The molecule has 0 spiro atoms. The number of carbonyl (C=O) groups is 1. The van der Waals surface area contributed by atoms with E-state index in [1.165, 1.54) is 0 Å². The van der Waals surface area contributed by atoms with Crippen molar-refractivity contribution >= 4 is 40.1 Å². The summed E-state index contributed by atoms with van der Waals surface area (Å²) in [5.74, 6) is -1.06. The Bertz CT molecular complexity index is 846. The molecular weight excluding hydrogens is 325 g/mol. The van der Waals surface area contributed by atoms with E-state index in [4.69, 9.17) is 23.2 Å². The SMILES string of the molecule is C.O=C(O)c1nn(Cc2cnc(Cl)c(Cl)c2)c2ccccc12. The molecule has 3 rings (SSSR count). The van der Waals surface area contributed by atoms with Crippen LogP contribution >= 0.6 is 23.2 Å². The third-order valence-electron chi connectivity index (χ3n) is 3.05. The van der Waals surface area contributed by atoms with E-state index < -0.39 is 5.97 Å². The lowest BCUT2D eigenvalue weighted by Gasteiger charge is -2.04. The number of carboxylic acids is 1. The van der Waals surface area contributed by atoms with Gasteiger partial charge in [-0.3, -0.25) is 4.68 Å². The molecule has 2 heterocycles. The molecule has 1 N–H and O–H groups in total. The summed E-state index contributed by atoms with van der Waals surface area (Å²) in [6.45, 7) is 0.359. The van der Waals surface area contributed by atoms with Gasteiger partial charge in [0, 0.05) is 11.6 Å². The number of hydrogen-bond donors (Lipinski definition) is 1. The monoisotopic (exact) mass is 337 g/mol. The van der Waals surface area contributed by atoms with E-state index in [1.807, 2.05) is 12.1 Å². The average Bonchev–Trinajstić information content (AvgIpc) is 2.82. The van der Waals surface area contributed by atoms with Gasteiger partial charge in [-0.25, -0.2) is 9.78 Å². The second-order valence-corrected chi connectivity index (χ2v) is 5.21. The number of para-hydroxylation sites is 1. The standard InChI is InChI=1S/C14H9Cl2N3O2.CH4/c15-10-5-8(6-17-13(10)16)7-19-11-4-2-1-3-9(11)12(18-19)14(20)21;/h1-6H,7H2,(H,20,21);1H4. The molecule has 7 heteroatoms. The maximum Gasteiger partial charge on any atom is 0.357 e. The lowest BCUT2D eigenvalue weighted by Crippen LogP contribution is -2.05. The summed E-state index contributed by atoms with van der Waals surface area (Å²) in [4.78, 5) is 15.2. The number of aromatic nitrogens is 3. The Balaban J connectivity index is 0.00000176. The number of pyridine rings is 1. The average molecular weight is 338 g/mol. The minimum absolute atomic E-state index is 0. The predicted octanol–water partition coefficient (Wildman–Crippen LogP) is 4.12. The molecule has 5 nitrogen and oxygen atoms in total. The second-order valence-electron chi connectivity index (χ2n) is 4.44. The maximum atomic E-state index is 11.3. The van der Waals surface area contributed by atoms with Crippen LogP contribution in [0.3, 0.4) is 0 Å². The molecule has 0 saturated heterocycles. The van der Waals surface area contributed by atoms with Gasteiger partial charge in [0.05, 0.1) is 17.1 Å². The summed E-state index contributed by atoms with van der Waals surface area (Å²) in [7, 11) is 0. The molecule has 0 amide bonds. The fourth-order valence-electron chi connectivity index (χ4n) is 2.13. The van der Waals surface area contributed by atoms with Crippen molar-refractivity contribution in [2.24, 2.45) is 0 Å². The van der Waals surface area contributed by atoms with Crippen LogP contribution < -0.4 is 0 Å². The number of halogens is 2. The van der Waals surface area contributed by atoms with Crippen LogP contribution in [0.4, 0.5) is 0 Å². The third kappa shape index (κ3) is 2.91. The highest BCUT2D eigenvalue weighted by atomic mass is 35.5. The van der Waals surface area contributed by atoms with E-state index in [9.17, 15) is 9.90 Å². The largest absolute Gasteiger partial charge is 0.476 e. The van der Waals surface area contributed by atoms with Crippen molar-refractivity contribution in [3.63, 3.8) is 0 Å². The topological polar surface area (TPSA) is 68.0 Å². The van der Waals surface area contributed by atoms with Gasteiger partial charge in [-0.1, -0.05) is 48.8 Å². The molecule has 0 saturated carbocycles. The van der Waals surface area contributed by atoms with Crippen LogP contribution in [0.1, 0.15) is 23.5 Å². The summed E-state index contributed by atoms with van der Waals surface area (Å²) in [5.41, 5.74) is 1.55. The first kappa shape index (κ1) is 16.3. The quantitative estimate of drug-likeness (QED) is 0.730. The van der Waals surface area contributed by atoms with Gasteiger partial charge in [-0.05, 0) is 17.7 Å². The zero-order chi connectivity index (χ0) is 15.0. The first-order valence-electron chi connectivity index (χ1n) is 6.05. The van der Waals surface area contributed by atoms with Crippen LogP contribution in [-0.2, 0) is 6.54 Å². The molecule has 1 aromatic carbocycles. The van der Waals surface area contributed by atoms with Gasteiger partial charge in [0.25, 0.3) is 0 Å². The van der Waals surface area contributed by atoms with Gasteiger partial charge in [-0.15, -0.1) is 0 Å². The smallest absolute Gasteiger partial charge is 0.357 e. The number of aromatic carboxylic acids is 1. The highest BCUT2D eigenvalue weighted by molar-refractivity contribution is 6.41. The number of benzene rings is 1. The van der Waals surface area contributed by atoms with Crippen molar-refractivity contribution < 1.29 is 9.90 Å². The molecule has 0 radical (unpaired) electrons. The Morgan fingerprint density at radius 2 is 2.00 bits per heavy atom. The number of fused-ring (bicyclic) bond motifs is 1. The Hall–Kier alpha value is -2.11. The first-order chi connectivity index (χ1) is 10.1. The van der Waals surface area contributed by atoms with Gasteiger partial charge >= 0.3 is 5.97 Å². The third-order valence-corrected chi connectivity index (χ3v) is 3.73. The van der Waals surface area contributed by atoms with Crippen molar-refractivity contribution in [1.82, 2.24) is 14.8 Å². The molecular formula is C15H13Cl2N3O2. The van der Waals surface area contributed by atoms with Crippen LogP contribution in [-0.4, -0.2) is 25.8 Å². The molecule has 0 aliphatic rings. The Morgan fingerprint density at radius 3 is 2.68 bits per heavy atom. The van der Waals surface area contributed by atoms with Crippen LogP contribution in [0, 0.1) is 0 Å². The van der Waals surface area contributed by atoms with E-state index in [0.29, 0.717) is 17.0 Å². The van der Waals surface area contributed by atoms with Crippen LogP contribution in [0.5, 0.6) is 0 Å². The predicted molar refractivity (Wildman–Crippen MR) is 86.8 cm³/mol. The summed E-state index contributed by atoms with van der Waals surface area (Å²) in [5, 5.41) is 14.5. The molecule has 0 aliphatic carbocycles. The second kappa shape index (κ2) is 6.34. The van der Waals surface area contributed by atoms with Gasteiger partial charge in [0.15, 0.2) is 5.69 Å². The summed E-state index contributed by atoms with van der Waals surface area (Å²) in [6, 6.07) is 8.85. The highest BCUT2D eigenvalue weighted by Gasteiger charge is 2.16. The van der Waals surface area contributed by atoms with Gasteiger partial charge in [-0.2, -0.15) is 5.10 Å². The molecule has 0 aliphatic heterocycles. The number of hydrogen-bond acceptors (Lipinski definition) is 3. The maximum absolute atomic E-state index is 11.3. The summed E-state index contributed by atoms with van der Waals surface area (Å²) < 4.78 is 1.61. The first-order valence-corrected chi connectivity index (χ1v) is 6.80. The molecule has 0 unspecified atom stereocenters. The zero-order valence-electron chi connectivity index (χ0n) is 10.6. The van der Waals surface area contributed by atoms with E-state index >= 15 is 0 Å². The fraction of sp³-hybridized carbons (Fsp3) is 0.133. The lowest BCUT2D eigenvalue weighted by atomic mass is 10.2. The van der Waals surface area contributed by atoms with Crippen molar-refractivity contribution in [3.8, 4) is 0 Å². The number of nitrogens with zero attached hydrogens (tertiary/aromatic N) is 3. The van der Waals surface area contributed by atoms with Crippen LogP contribution in [0.25, 0.3) is 10.9 Å². The molecule has 22 heavy (non-hydrogen) atoms. The number of rotatable bonds is 3. The van der Waals surface area contributed by atoms with E-state index in [-0.39, 0.29) is 18.3 Å². The van der Waals surface area contributed by atoms with Crippen molar-refractivity contribution in [2.75, 3.05) is 0 Å². The van der Waals surface area contributed by atoms with E-state index in [2.05, 4.69) is 10.1 Å². The minimum Gasteiger partial charge on any atom is -0.476 e. The van der Waals surface area contributed by atoms with Crippen LogP contribution in [0.15, 0.2) is 36.5 Å². The highest BCUT2D eigenvalue weighted by Crippen LogP contribution is 2.22. The lowest BCUT2D eigenvalue weighted by molar-refractivity contribution is 0.0691. The van der Waals surface area contributed by atoms with Crippen molar-refractivity contribution in [3.05, 3.63) is 58.0 Å². The van der Waals surface area contributed by atoms with E-state index in [1.54, 1.807) is 29.1 Å². The molecule has 0 atom stereocenters. The van der Waals surface area contributed by atoms with Crippen molar-refractivity contribution in [2.45, 2.75) is 14.0 Å². The van der Waals surface area contributed by atoms with Gasteiger partial charge < -0.3 is 5.11 Å². The Labute approximate surface area is 137 Å². The van der Waals surface area contributed by atoms with Gasteiger partial charge in [0.1, 0.15) is 5.15 Å². The summed E-state index contributed by atoms with van der Waals surface area (Å²) in [6.07, 6.45) is 1.59.